The first kappa shape index (κ1) is 14.6. The largest absolute Gasteiger partial charge is 0.389 e. The Morgan fingerprint density at radius 1 is 1.35 bits per heavy atom. The lowest BCUT2D eigenvalue weighted by molar-refractivity contribution is 0.199. The van der Waals surface area contributed by atoms with Crippen LogP contribution in [0.2, 0.25) is 0 Å². The maximum atomic E-state index is 12.3. The van der Waals surface area contributed by atoms with Crippen molar-refractivity contribution in [3.05, 3.63) is 42.0 Å². The van der Waals surface area contributed by atoms with Gasteiger partial charge in [0.1, 0.15) is 12.2 Å². The van der Waals surface area contributed by atoms with Crippen molar-refractivity contribution in [3.63, 3.8) is 0 Å². The smallest absolute Gasteiger partial charge is 0.243 e. The van der Waals surface area contributed by atoms with E-state index in [9.17, 15) is 13.5 Å². The summed E-state index contributed by atoms with van der Waals surface area (Å²) in [5.41, 5.74) is 0.668. The second-order valence-corrected chi connectivity index (χ2v) is 6.48. The van der Waals surface area contributed by atoms with E-state index in [1.54, 1.807) is 19.1 Å². The van der Waals surface area contributed by atoms with Gasteiger partial charge in [0.05, 0.1) is 17.5 Å². The molecule has 0 bridgehead atoms. The molecule has 1 atom stereocenters. The lowest BCUT2D eigenvalue weighted by Gasteiger charge is -2.16. The van der Waals surface area contributed by atoms with E-state index in [4.69, 9.17) is 0 Å². The van der Waals surface area contributed by atoms with Crippen molar-refractivity contribution in [1.29, 1.82) is 0 Å². The van der Waals surface area contributed by atoms with E-state index in [0.717, 1.165) is 0 Å². The van der Waals surface area contributed by atoms with Gasteiger partial charge in [0.2, 0.25) is 10.0 Å². The summed E-state index contributed by atoms with van der Waals surface area (Å²) < 4.78 is 25.9. The molecule has 0 aliphatic carbocycles. The molecule has 0 fully saturated rings. The van der Waals surface area contributed by atoms with Gasteiger partial charge in [-0.3, -0.25) is 5.10 Å². The molecule has 0 saturated carbocycles. The molecule has 1 aromatic carbocycles. The van der Waals surface area contributed by atoms with Gasteiger partial charge >= 0.3 is 0 Å². The fraction of sp³-hybridized carbons (Fsp3) is 0.333. The first-order chi connectivity index (χ1) is 9.41. The monoisotopic (exact) mass is 296 g/mol. The maximum absolute atomic E-state index is 12.3. The highest BCUT2D eigenvalue weighted by molar-refractivity contribution is 7.89. The second-order valence-electron chi connectivity index (χ2n) is 4.44. The van der Waals surface area contributed by atoms with Gasteiger partial charge in [-0.2, -0.15) is 9.40 Å². The number of sulfonamides is 1. The van der Waals surface area contributed by atoms with Crippen molar-refractivity contribution in [1.82, 2.24) is 19.5 Å². The molecule has 1 aromatic heterocycles. The summed E-state index contributed by atoms with van der Waals surface area (Å²) in [5, 5.41) is 15.7. The molecule has 0 saturated heterocycles. The van der Waals surface area contributed by atoms with Crippen LogP contribution in [0.5, 0.6) is 0 Å². The summed E-state index contributed by atoms with van der Waals surface area (Å²) in [6.45, 7) is 1.74. The third kappa shape index (κ3) is 3.03. The van der Waals surface area contributed by atoms with Crippen LogP contribution in [0.1, 0.15) is 24.4 Å². The normalized spacial score (nSPS) is 13.6. The molecule has 2 aromatic rings. The van der Waals surface area contributed by atoms with Crippen LogP contribution in [0.4, 0.5) is 0 Å². The van der Waals surface area contributed by atoms with Crippen LogP contribution in [-0.2, 0) is 16.6 Å². The molecule has 0 radical (unpaired) electrons. The van der Waals surface area contributed by atoms with E-state index < -0.39 is 16.1 Å². The molecule has 0 amide bonds. The zero-order chi connectivity index (χ0) is 14.8. The van der Waals surface area contributed by atoms with E-state index >= 15 is 0 Å². The molecule has 108 valence electrons. The summed E-state index contributed by atoms with van der Waals surface area (Å²) in [4.78, 5) is 4.07. The maximum Gasteiger partial charge on any atom is 0.243 e. The molecule has 7 nitrogen and oxygen atoms in total. The Morgan fingerprint density at radius 3 is 2.50 bits per heavy atom. The van der Waals surface area contributed by atoms with E-state index in [2.05, 4.69) is 15.2 Å². The van der Waals surface area contributed by atoms with Crippen molar-refractivity contribution in [2.75, 3.05) is 7.05 Å². The highest BCUT2D eigenvalue weighted by Crippen LogP contribution is 2.19. The summed E-state index contributed by atoms with van der Waals surface area (Å²) in [6, 6.07) is 6.15. The first-order valence-corrected chi connectivity index (χ1v) is 7.44. The lowest BCUT2D eigenvalue weighted by Crippen LogP contribution is -2.27. The quantitative estimate of drug-likeness (QED) is 0.845. The minimum Gasteiger partial charge on any atom is -0.389 e. The fourth-order valence-electron chi connectivity index (χ4n) is 1.70. The molecule has 2 N–H and O–H groups in total. The Kier molecular flexibility index (Phi) is 4.17. The van der Waals surface area contributed by atoms with Gasteiger partial charge in [-0.15, -0.1) is 0 Å². The molecule has 0 spiro atoms. The topological polar surface area (TPSA) is 99.2 Å². The number of benzene rings is 1. The van der Waals surface area contributed by atoms with Crippen LogP contribution in [0.25, 0.3) is 0 Å². The van der Waals surface area contributed by atoms with Crippen LogP contribution in [0, 0.1) is 0 Å². The molecular weight excluding hydrogens is 280 g/mol. The molecule has 1 unspecified atom stereocenters. The van der Waals surface area contributed by atoms with Gasteiger partial charge in [0.15, 0.2) is 0 Å². The highest BCUT2D eigenvalue weighted by atomic mass is 32.2. The van der Waals surface area contributed by atoms with Gasteiger partial charge in [-0.25, -0.2) is 13.4 Å². The minimum atomic E-state index is -3.59. The zero-order valence-electron chi connectivity index (χ0n) is 11.2. The number of aromatic amines is 1. The minimum absolute atomic E-state index is 0.112. The predicted octanol–water partition coefficient (Wildman–Crippen LogP) is 0.679. The number of aliphatic hydroxyl groups excluding tert-OH is 1. The van der Waals surface area contributed by atoms with Gasteiger partial charge in [0, 0.05) is 7.05 Å². The Morgan fingerprint density at radius 2 is 2.00 bits per heavy atom. The SMILES string of the molecule is CC(O)c1ccc(S(=O)(=O)N(C)Cc2ncn[nH]2)cc1. The van der Waals surface area contributed by atoms with Crippen LogP contribution >= 0.6 is 0 Å². The molecule has 0 aliphatic heterocycles. The number of rotatable bonds is 5. The van der Waals surface area contributed by atoms with Crippen LogP contribution in [0.3, 0.4) is 0 Å². The number of hydrogen-bond acceptors (Lipinski definition) is 5. The predicted molar refractivity (Wildman–Crippen MR) is 72.1 cm³/mol. The standard InChI is InChI=1S/C12H16N4O3S/c1-9(17)10-3-5-11(6-4-10)20(18,19)16(2)7-12-13-8-14-15-12/h3-6,8-9,17H,7H2,1-2H3,(H,13,14,15). The van der Waals surface area contributed by atoms with Crippen molar-refractivity contribution < 1.29 is 13.5 Å². The number of nitrogens with one attached hydrogen (secondary N) is 1. The molecular formula is C12H16N4O3S. The van der Waals surface area contributed by atoms with Crippen molar-refractivity contribution >= 4 is 10.0 Å². The van der Waals surface area contributed by atoms with Gasteiger partial charge < -0.3 is 5.11 Å². The molecule has 0 aliphatic rings. The number of H-pyrrole nitrogens is 1. The van der Waals surface area contributed by atoms with Gasteiger partial charge in [-0.05, 0) is 24.6 Å². The average molecular weight is 296 g/mol. The summed E-state index contributed by atoms with van der Waals surface area (Å²) in [6.07, 6.45) is 0.700. The summed E-state index contributed by atoms with van der Waals surface area (Å²) >= 11 is 0. The number of aliphatic hydroxyl groups is 1. The van der Waals surface area contributed by atoms with Crippen molar-refractivity contribution in [3.8, 4) is 0 Å². The molecule has 2 rings (SSSR count). The van der Waals surface area contributed by atoms with E-state index in [0.29, 0.717) is 11.4 Å². The van der Waals surface area contributed by atoms with E-state index in [1.165, 1.54) is 29.8 Å². The van der Waals surface area contributed by atoms with Crippen molar-refractivity contribution in [2.24, 2.45) is 0 Å². The number of aromatic nitrogens is 3. The molecule has 1 heterocycles. The van der Waals surface area contributed by atoms with E-state index in [-0.39, 0.29) is 11.4 Å². The van der Waals surface area contributed by atoms with Gasteiger partial charge in [-0.1, -0.05) is 12.1 Å². The Hall–Kier alpha value is -1.77. The Labute approximate surface area is 117 Å². The Balaban J connectivity index is 2.21. The summed E-state index contributed by atoms with van der Waals surface area (Å²) in [7, 11) is -2.12. The lowest BCUT2D eigenvalue weighted by atomic mass is 10.1. The summed E-state index contributed by atoms with van der Waals surface area (Å²) in [5.74, 6) is 0.469. The third-order valence-corrected chi connectivity index (χ3v) is 4.73. The van der Waals surface area contributed by atoms with Crippen LogP contribution in [-0.4, -0.2) is 40.1 Å². The van der Waals surface area contributed by atoms with E-state index in [1.807, 2.05) is 0 Å². The number of hydrogen-bond donors (Lipinski definition) is 2. The van der Waals surface area contributed by atoms with Crippen molar-refractivity contribution in [2.45, 2.75) is 24.5 Å². The number of nitrogens with zero attached hydrogens (tertiary/aromatic N) is 3. The average Bonchev–Trinajstić information content (AvgIpc) is 2.91. The van der Waals surface area contributed by atoms with Crippen LogP contribution < -0.4 is 0 Å². The fourth-order valence-corrected chi connectivity index (χ4v) is 2.83. The highest BCUT2D eigenvalue weighted by Gasteiger charge is 2.21. The van der Waals surface area contributed by atoms with Gasteiger partial charge in [0.25, 0.3) is 0 Å². The Bertz CT molecular complexity index is 651. The first-order valence-electron chi connectivity index (χ1n) is 6.00. The molecule has 20 heavy (non-hydrogen) atoms. The van der Waals surface area contributed by atoms with Crippen LogP contribution in [0.15, 0.2) is 35.5 Å². The molecule has 8 heteroatoms. The third-order valence-electron chi connectivity index (χ3n) is 2.91. The zero-order valence-corrected chi connectivity index (χ0v) is 12.0. The second kappa shape index (κ2) is 5.70.